The Bertz CT molecular complexity index is 562. The van der Waals surface area contributed by atoms with Gasteiger partial charge in [-0.25, -0.2) is 0 Å². The number of aryl methyl sites for hydroxylation is 2. The summed E-state index contributed by atoms with van der Waals surface area (Å²) in [7, 11) is 0. The monoisotopic (exact) mass is 303 g/mol. The number of rotatable bonds is 8. The van der Waals surface area contributed by atoms with E-state index in [4.69, 9.17) is 4.74 Å². The second-order valence-corrected chi connectivity index (χ2v) is 6.55. The van der Waals surface area contributed by atoms with Gasteiger partial charge < -0.3 is 10.1 Å². The van der Waals surface area contributed by atoms with Gasteiger partial charge in [-0.1, -0.05) is 31.5 Å². The van der Waals surface area contributed by atoms with E-state index < -0.39 is 0 Å². The predicted molar refractivity (Wildman–Crippen MR) is 91.2 cm³/mol. The second-order valence-electron chi connectivity index (χ2n) is 5.30. The summed E-state index contributed by atoms with van der Waals surface area (Å²) >= 11 is 1.84. The van der Waals surface area contributed by atoms with Crippen molar-refractivity contribution in [2.75, 3.05) is 6.54 Å². The van der Waals surface area contributed by atoms with Crippen LogP contribution in [0.15, 0.2) is 30.3 Å². The molecule has 1 aromatic carbocycles. The normalized spacial score (nSPS) is 10.8. The quantitative estimate of drug-likeness (QED) is 0.714. The van der Waals surface area contributed by atoms with Gasteiger partial charge >= 0.3 is 0 Å². The Morgan fingerprint density at radius 2 is 1.90 bits per heavy atom. The Balaban J connectivity index is 2.00. The molecule has 114 valence electrons. The largest absolute Gasteiger partial charge is 0.488 e. The van der Waals surface area contributed by atoms with E-state index in [-0.39, 0.29) is 0 Å². The van der Waals surface area contributed by atoms with Gasteiger partial charge in [0.25, 0.3) is 0 Å². The number of hydrogen-bond acceptors (Lipinski definition) is 3. The lowest BCUT2D eigenvalue weighted by Crippen LogP contribution is -2.14. The minimum Gasteiger partial charge on any atom is -0.488 e. The number of ether oxygens (including phenoxy) is 1. The van der Waals surface area contributed by atoms with Crippen LogP contribution < -0.4 is 10.1 Å². The summed E-state index contributed by atoms with van der Waals surface area (Å²) in [6, 6.07) is 10.8. The first-order valence-corrected chi connectivity index (χ1v) is 8.55. The van der Waals surface area contributed by atoms with Gasteiger partial charge in [-0.15, -0.1) is 11.3 Å². The van der Waals surface area contributed by atoms with E-state index in [1.165, 1.54) is 20.9 Å². The first kappa shape index (κ1) is 16.1. The molecule has 0 saturated carbocycles. The topological polar surface area (TPSA) is 21.3 Å². The Morgan fingerprint density at radius 1 is 1.10 bits per heavy atom. The maximum absolute atomic E-state index is 6.04. The summed E-state index contributed by atoms with van der Waals surface area (Å²) in [6.07, 6.45) is 2.25. The Kier molecular flexibility index (Phi) is 6.27. The third kappa shape index (κ3) is 4.87. The summed E-state index contributed by atoms with van der Waals surface area (Å²) in [4.78, 5) is 2.71. The highest BCUT2D eigenvalue weighted by Crippen LogP contribution is 2.23. The van der Waals surface area contributed by atoms with Crippen molar-refractivity contribution < 1.29 is 4.74 Å². The molecule has 1 N–H and O–H groups in total. The summed E-state index contributed by atoms with van der Waals surface area (Å²) < 4.78 is 6.04. The van der Waals surface area contributed by atoms with Gasteiger partial charge in [0.05, 0.1) is 0 Å². The molecule has 0 saturated heterocycles. The summed E-state index contributed by atoms with van der Waals surface area (Å²) in [5.41, 5.74) is 2.52. The molecule has 0 aliphatic rings. The first-order chi connectivity index (χ1) is 10.2. The van der Waals surface area contributed by atoms with Crippen molar-refractivity contribution in [1.82, 2.24) is 5.32 Å². The molecular weight excluding hydrogens is 278 g/mol. The number of nitrogens with one attached hydrogen (secondary N) is 1. The van der Waals surface area contributed by atoms with Crippen molar-refractivity contribution in [1.29, 1.82) is 0 Å². The van der Waals surface area contributed by atoms with Crippen LogP contribution in [0.2, 0.25) is 0 Å². The lowest BCUT2D eigenvalue weighted by atomic mass is 10.1. The molecule has 0 atom stereocenters. The van der Waals surface area contributed by atoms with E-state index in [2.05, 4.69) is 56.4 Å². The summed E-state index contributed by atoms with van der Waals surface area (Å²) in [5.74, 6) is 0.996. The van der Waals surface area contributed by atoms with E-state index in [0.717, 1.165) is 31.7 Å². The number of benzene rings is 1. The van der Waals surface area contributed by atoms with Crippen LogP contribution in [0.5, 0.6) is 5.75 Å². The highest BCUT2D eigenvalue weighted by Gasteiger charge is 2.06. The highest BCUT2D eigenvalue weighted by atomic mass is 32.1. The molecule has 0 fully saturated rings. The molecule has 3 heteroatoms. The minimum absolute atomic E-state index is 0.661. The van der Waals surface area contributed by atoms with Crippen LogP contribution in [0.1, 0.15) is 41.1 Å². The van der Waals surface area contributed by atoms with Crippen LogP contribution >= 0.6 is 11.3 Å². The molecule has 0 radical (unpaired) electrons. The van der Waals surface area contributed by atoms with Gasteiger partial charge in [-0.2, -0.15) is 0 Å². The fourth-order valence-corrected chi connectivity index (χ4v) is 3.10. The third-order valence-electron chi connectivity index (χ3n) is 3.39. The minimum atomic E-state index is 0.661. The van der Waals surface area contributed by atoms with E-state index >= 15 is 0 Å². The molecule has 2 nitrogen and oxygen atoms in total. The van der Waals surface area contributed by atoms with Crippen LogP contribution in [0, 0.1) is 6.92 Å². The molecule has 0 aliphatic heterocycles. The van der Waals surface area contributed by atoms with Crippen LogP contribution in [0.4, 0.5) is 0 Å². The van der Waals surface area contributed by atoms with Gasteiger partial charge in [-0.3, -0.25) is 0 Å². The Hall–Kier alpha value is -1.32. The molecular formula is C18H25NOS. The van der Waals surface area contributed by atoms with E-state index in [9.17, 15) is 0 Å². The Labute approximate surface area is 132 Å². The van der Waals surface area contributed by atoms with E-state index in [1.54, 1.807) is 0 Å². The van der Waals surface area contributed by atoms with Gasteiger partial charge in [-0.05, 0) is 44.5 Å². The van der Waals surface area contributed by atoms with Crippen LogP contribution in [0.3, 0.4) is 0 Å². The van der Waals surface area contributed by atoms with Crippen molar-refractivity contribution in [2.24, 2.45) is 0 Å². The third-order valence-corrected chi connectivity index (χ3v) is 4.60. The van der Waals surface area contributed by atoms with Gasteiger partial charge in [0.2, 0.25) is 0 Å². The van der Waals surface area contributed by atoms with Crippen molar-refractivity contribution in [3.8, 4) is 5.75 Å². The molecule has 1 aromatic heterocycles. The fourth-order valence-electron chi connectivity index (χ4n) is 2.23. The van der Waals surface area contributed by atoms with Crippen LogP contribution in [-0.4, -0.2) is 6.54 Å². The maximum Gasteiger partial charge on any atom is 0.124 e. The van der Waals surface area contributed by atoms with Crippen molar-refractivity contribution in [3.05, 3.63) is 51.2 Å². The fraction of sp³-hybridized carbons (Fsp3) is 0.444. The zero-order valence-corrected chi connectivity index (χ0v) is 14.1. The lowest BCUT2D eigenvalue weighted by Gasteiger charge is -2.12. The molecule has 1 heterocycles. The summed E-state index contributed by atoms with van der Waals surface area (Å²) in [6.45, 7) is 9.07. The molecule has 21 heavy (non-hydrogen) atoms. The first-order valence-electron chi connectivity index (χ1n) is 7.73. The molecule has 0 unspecified atom stereocenters. The zero-order valence-electron chi connectivity index (χ0n) is 13.2. The number of thiophene rings is 1. The number of hydrogen-bond donors (Lipinski definition) is 1. The molecule has 2 aromatic rings. The molecule has 0 spiro atoms. The van der Waals surface area contributed by atoms with Crippen molar-refractivity contribution in [2.45, 2.75) is 46.8 Å². The van der Waals surface area contributed by atoms with Crippen molar-refractivity contribution >= 4 is 11.3 Å². The zero-order chi connectivity index (χ0) is 15.1. The standard InChI is InChI=1S/C18H25NOS/c1-4-10-19-12-15-11-14(3)6-9-18(15)20-13-17-8-7-16(5-2)21-17/h6-9,11,19H,4-5,10,12-13H2,1-3H3. The van der Waals surface area contributed by atoms with E-state index in [1.807, 2.05) is 11.3 Å². The summed E-state index contributed by atoms with van der Waals surface area (Å²) in [5, 5.41) is 3.45. The van der Waals surface area contributed by atoms with Gasteiger partial charge in [0, 0.05) is 21.9 Å². The smallest absolute Gasteiger partial charge is 0.124 e. The Morgan fingerprint density at radius 3 is 2.62 bits per heavy atom. The average Bonchev–Trinajstić information content (AvgIpc) is 2.95. The van der Waals surface area contributed by atoms with Crippen molar-refractivity contribution in [3.63, 3.8) is 0 Å². The van der Waals surface area contributed by atoms with E-state index in [0.29, 0.717) is 6.61 Å². The van der Waals surface area contributed by atoms with Gasteiger partial charge in [0.15, 0.2) is 0 Å². The second kappa shape index (κ2) is 8.20. The van der Waals surface area contributed by atoms with Gasteiger partial charge in [0.1, 0.15) is 12.4 Å². The highest BCUT2D eigenvalue weighted by molar-refractivity contribution is 7.11. The molecule has 0 amide bonds. The SMILES string of the molecule is CCCNCc1cc(C)ccc1OCc1ccc(CC)s1. The molecule has 0 bridgehead atoms. The predicted octanol–water partition coefficient (Wildman–Crippen LogP) is 4.70. The maximum atomic E-state index is 6.04. The molecule has 2 rings (SSSR count). The molecule has 0 aliphatic carbocycles. The van der Waals surface area contributed by atoms with Crippen LogP contribution in [0.25, 0.3) is 0 Å². The lowest BCUT2D eigenvalue weighted by molar-refractivity contribution is 0.305. The van der Waals surface area contributed by atoms with Crippen LogP contribution in [-0.2, 0) is 19.6 Å². The average molecular weight is 303 g/mol.